The summed E-state index contributed by atoms with van der Waals surface area (Å²) in [6.45, 7) is 0. The maximum atomic E-state index is 10.3. The summed E-state index contributed by atoms with van der Waals surface area (Å²) in [6, 6.07) is 19.3. The topological polar surface area (TPSA) is 57.8 Å². The van der Waals surface area contributed by atoms with E-state index in [1.807, 2.05) is 42.5 Å². The molecule has 0 fully saturated rings. The molecule has 0 radical (unpaired) electrons. The van der Waals surface area contributed by atoms with Crippen molar-refractivity contribution >= 4 is 21.6 Å². The first-order chi connectivity index (χ1) is 12.2. The van der Waals surface area contributed by atoms with Gasteiger partial charge in [0.2, 0.25) is 0 Å². The van der Waals surface area contributed by atoms with E-state index in [4.69, 9.17) is 9.41 Å². The van der Waals surface area contributed by atoms with Gasteiger partial charge < -0.3 is 9.52 Å². The smallest absolute Gasteiger partial charge is 0.159 e. The number of hydrogen-bond acceptors (Lipinski definition) is 4. The van der Waals surface area contributed by atoms with Crippen molar-refractivity contribution in [2.75, 3.05) is 0 Å². The Bertz CT molecular complexity index is 891. The summed E-state index contributed by atoms with van der Waals surface area (Å²) in [4.78, 5) is 4.84. The van der Waals surface area contributed by atoms with Gasteiger partial charge in [-0.3, -0.25) is 10.3 Å². The van der Waals surface area contributed by atoms with Crippen LogP contribution >= 0.6 is 15.9 Å². The summed E-state index contributed by atoms with van der Waals surface area (Å²) >= 11 is 3.49. The molecule has 0 amide bonds. The Morgan fingerprint density at radius 3 is 2.68 bits per heavy atom. The largest absolute Gasteiger partial charge is 0.508 e. The van der Waals surface area contributed by atoms with Crippen molar-refractivity contribution < 1.29 is 9.52 Å². The number of halogens is 1. The highest BCUT2D eigenvalue weighted by atomic mass is 79.9. The van der Waals surface area contributed by atoms with E-state index in [1.54, 1.807) is 12.3 Å². The van der Waals surface area contributed by atoms with E-state index in [1.165, 1.54) is 0 Å². The van der Waals surface area contributed by atoms with Crippen LogP contribution in [0.2, 0.25) is 0 Å². The molecule has 2 atom stereocenters. The van der Waals surface area contributed by atoms with Gasteiger partial charge >= 0.3 is 0 Å². The Morgan fingerprint density at radius 1 is 1.08 bits per heavy atom. The van der Waals surface area contributed by atoms with Crippen LogP contribution in [-0.4, -0.2) is 10.8 Å². The predicted molar refractivity (Wildman–Crippen MR) is 101 cm³/mol. The third-order valence-corrected chi connectivity index (χ3v) is 4.82. The number of phenols is 1. The number of benzene rings is 2. The molecular formula is C20H17BrN2O2. The van der Waals surface area contributed by atoms with E-state index in [0.29, 0.717) is 6.42 Å². The summed E-state index contributed by atoms with van der Waals surface area (Å²) < 4.78 is 6.48. The van der Waals surface area contributed by atoms with Crippen molar-refractivity contribution in [3.05, 3.63) is 88.3 Å². The minimum atomic E-state index is -0.290. The van der Waals surface area contributed by atoms with Gasteiger partial charge in [-0.1, -0.05) is 46.3 Å². The van der Waals surface area contributed by atoms with Gasteiger partial charge in [-0.2, -0.15) is 0 Å². The average Bonchev–Trinajstić information content (AvgIpc) is 3.19. The van der Waals surface area contributed by atoms with E-state index < -0.39 is 0 Å². The Balaban J connectivity index is 1.75. The number of aliphatic imine (C=N–C) groups is 1. The highest BCUT2D eigenvalue weighted by Gasteiger charge is 2.28. The first-order valence-electron chi connectivity index (χ1n) is 8.10. The number of rotatable bonds is 3. The van der Waals surface area contributed by atoms with Crippen LogP contribution in [-0.2, 0) is 0 Å². The second kappa shape index (κ2) is 6.86. The van der Waals surface area contributed by atoms with Crippen LogP contribution < -0.4 is 5.32 Å². The molecule has 0 unspecified atom stereocenters. The van der Waals surface area contributed by atoms with E-state index in [-0.39, 0.29) is 18.0 Å². The van der Waals surface area contributed by atoms with Crippen molar-refractivity contribution in [3.63, 3.8) is 0 Å². The standard InChI is InChI=1S/C20H17BrN2O2/c21-14-8-9-18(24)15(11-14)17-12-16(13-5-2-1-3-6-13)22-20(23-17)19-7-4-10-25-19/h1-11,17,20,23-24H,12H2/t17-,20-/m1/s1. The number of furan rings is 1. The Morgan fingerprint density at radius 2 is 1.92 bits per heavy atom. The average molecular weight is 397 g/mol. The number of aromatic hydroxyl groups is 1. The van der Waals surface area contributed by atoms with Gasteiger partial charge in [0.05, 0.1) is 6.26 Å². The molecule has 2 aromatic carbocycles. The summed E-state index contributed by atoms with van der Waals surface area (Å²) in [5.74, 6) is 1.03. The number of hydrogen-bond donors (Lipinski definition) is 2. The quantitative estimate of drug-likeness (QED) is 0.656. The van der Waals surface area contributed by atoms with Crippen molar-refractivity contribution in [2.24, 2.45) is 4.99 Å². The summed E-state index contributed by atoms with van der Waals surface area (Å²) in [6.07, 6.45) is 2.04. The van der Waals surface area contributed by atoms with Crippen molar-refractivity contribution in [1.82, 2.24) is 5.32 Å². The van der Waals surface area contributed by atoms with Gasteiger partial charge in [-0.15, -0.1) is 0 Å². The lowest BCUT2D eigenvalue weighted by Crippen LogP contribution is -2.32. The fourth-order valence-electron chi connectivity index (χ4n) is 3.11. The molecule has 3 aromatic rings. The predicted octanol–water partition coefficient (Wildman–Crippen LogP) is 4.97. The molecule has 0 bridgehead atoms. The number of nitrogens with zero attached hydrogens (tertiary/aromatic N) is 1. The highest BCUT2D eigenvalue weighted by molar-refractivity contribution is 9.10. The lowest BCUT2D eigenvalue weighted by atomic mass is 9.94. The van der Waals surface area contributed by atoms with Crippen molar-refractivity contribution in [2.45, 2.75) is 18.6 Å². The third kappa shape index (κ3) is 3.38. The molecule has 1 aliphatic heterocycles. The second-order valence-electron chi connectivity index (χ2n) is 5.99. The van der Waals surface area contributed by atoms with Crippen LogP contribution in [0.25, 0.3) is 0 Å². The zero-order valence-corrected chi connectivity index (χ0v) is 15.0. The molecule has 0 saturated heterocycles. The minimum Gasteiger partial charge on any atom is -0.508 e. The molecule has 0 saturated carbocycles. The van der Waals surface area contributed by atoms with Gasteiger partial charge in [0.1, 0.15) is 11.5 Å². The van der Waals surface area contributed by atoms with E-state index in [0.717, 1.165) is 27.1 Å². The van der Waals surface area contributed by atoms with E-state index in [2.05, 4.69) is 33.4 Å². The van der Waals surface area contributed by atoms with Gasteiger partial charge in [0.15, 0.2) is 6.17 Å². The lowest BCUT2D eigenvalue weighted by Gasteiger charge is -2.29. The number of nitrogens with one attached hydrogen (secondary N) is 1. The zero-order chi connectivity index (χ0) is 17.2. The van der Waals surface area contributed by atoms with Gasteiger partial charge in [-0.05, 0) is 35.9 Å². The molecule has 0 spiro atoms. The first-order valence-corrected chi connectivity index (χ1v) is 8.90. The molecule has 1 aliphatic rings. The molecule has 1 aromatic heterocycles. The fourth-order valence-corrected chi connectivity index (χ4v) is 3.49. The van der Waals surface area contributed by atoms with Gasteiger partial charge in [-0.25, -0.2) is 0 Å². The molecule has 5 heteroatoms. The molecule has 2 heterocycles. The third-order valence-electron chi connectivity index (χ3n) is 4.33. The summed E-state index contributed by atoms with van der Waals surface area (Å²) in [5, 5.41) is 13.8. The first kappa shape index (κ1) is 16.1. The molecule has 2 N–H and O–H groups in total. The Labute approximate surface area is 154 Å². The molecule has 4 rings (SSSR count). The lowest BCUT2D eigenvalue weighted by molar-refractivity contribution is 0.364. The van der Waals surface area contributed by atoms with Crippen LogP contribution in [0.5, 0.6) is 5.75 Å². The summed E-state index contributed by atoms with van der Waals surface area (Å²) in [5.41, 5.74) is 2.92. The van der Waals surface area contributed by atoms with Crippen LogP contribution in [0.4, 0.5) is 0 Å². The Hall–Kier alpha value is -2.37. The molecule has 126 valence electrons. The normalized spacial score (nSPS) is 20.3. The van der Waals surface area contributed by atoms with Crippen molar-refractivity contribution in [1.29, 1.82) is 0 Å². The Kier molecular flexibility index (Phi) is 4.42. The highest BCUT2D eigenvalue weighted by Crippen LogP contribution is 2.35. The van der Waals surface area contributed by atoms with Crippen LogP contribution in [0.3, 0.4) is 0 Å². The maximum Gasteiger partial charge on any atom is 0.159 e. The van der Waals surface area contributed by atoms with Crippen molar-refractivity contribution in [3.8, 4) is 5.75 Å². The van der Waals surface area contributed by atoms with E-state index in [9.17, 15) is 5.11 Å². The minimum absolute atomic E-state index is 0.0692. The monoisotopic (exact) mass is 396 g/mol. The van der Waals surface area contributed by atoms with Gasteiger partial charge in [0, 0.05) is 28.2 Å². The number of phenolic OH excluding ortho intramolecular Hbond substituents is 1. The van der Waals surface area contributed by atoms with Crippen LogP contribution in [0, 0.1) is 0 Å². The second-order valence-corrected chi connectivity index (χ2v) is 6.90. The zero-order valence-electron chi connectivity index (χ0n) is 13.4. The summed E-state index contributed by atoms with van der Waals surface area (Å²) in [7, 11) is 0. The SMILES string of the molecule is Oc1ccc(Br)cc1[C@H]1CC(c2ccccc2)=N[C@@H](c2ccco2)N1. The van der Waals surface area contributed by atoms with Crippen LogP contribution in [0.1, 0.15) is 35.5 Å². The maximum absolute atomic E-state index is 10.3. The van der Waals surface area contributed by atoms with Gasteiger partial charge in [0.25, 0.3) is 0 Å². The molecule has 0 aliphatic carbocycles. The molecule has 25 heavy (non-hydrogen) atoms. The van der Waals surface area contributed by atoms with Crippen LogP contribution in [0.15, 0.2) is 80.8 Å². The fraction of sp³-hybridized carbons (Fsp3) is 0.150. The molecule has 4 nitrogen and oxygen atoms in total. The van der Waals surface area contributed by atoms with E-state index >= 15 is 0 Å². The molecular weight excluding hydrogens is 380 g/mol.